The maximum atomic E-state index is 13.1. The molecule has 1 fully saturated rings. The second kappa shape index (κ2) is 9.30. The molecule has 0 radical (unpaired) electrons. The number of amides is 1. The molecule has 1 N–H and O–H groups in total. The van der Waals surface area contributed by atoms with E-state index in [1.165, 1.54) is 39.3 Å². The monoisotopic (exact) mass is 491 g/mol. The molecule has 4 aromatic rings. The van der Waals surface area contributed by atoms with Crippen molar-refractivity contribution in [3.63, 3.8) is 0 Å². The number of aliphatic hydroxyl groups excluding tert-OH is 1. The number of carbonyl (C=O) groups excluding carboxylic acids is 2. The summed E-state index contributed by atoms with van der Waals surface area (Å²) in [7, 11) is 0. The van der Waals surface area contributed by atoms with Crippen LogP contribution in [0.5, 0.6) is 0 Å². The second-order valence-corrected chi connectivity index (χ2v) is 10.3. The lowest BCUT2D eigenvalue weighted by atomic mass is 10.00. The number of benzene rings is 2. The van der Waals surface area contributed by atoms with Crippen molar-refractivity contribution >= 4 is 57.0 Å². The summed E-state index contributed by atoms with van der Waals surface area (Å²) >= 11 is 4.19. The standard InChI is InChI=1S/C24H17N3O3S3/c28-20(16-10-5-2-6-11-16)18-19(17-12-7-13-31-17)27(22(30)21(18)29)23-25-26-24(33-23)32-14-15-8-3-1-4-9-15/h1-13,19,28H,14H2/t19-/m0/s1. The van der Waals surface area contributed by atoms with Crippen molar-refractivity contribution in [2.75, 3.05) is 4.90 Å². The minimum atomic E-state index is -0.759. The van der Waals surface area contributed by atoms with Crippen LogP contribution in [0, 0.1) is 0 Å². The van der Waals surface area contributed by atoms with Crippen LogP contribution in [0.3, 0.4) is 0 Å². The van der Waals surface area contributed by atoms with Gasteiger partial charge < -0.3 is 5.11 Å². The molecule has 2 aromatic carbocycles. The minimum Gasteiger partial charge on any atom is -0.507 e. The van der Waals surface area contributed by atoms with Crippen LogP contribution in [0.4, 0.5) is 5.13 Å². The molecule has 0 bridgehead atoms. The number of carbonyl (C=O) groups is 2. The first-order valence-electron chi connectivity index (χ1n) is 10.0. The average Bonchev–Trinajstić information content (AvgIpc) is 3.59. The Hall–Kier alpha value is -3.27. The normalized spacial score (nSPS) is 17.6. The van der Waals surface area contributed by atoms with E-state index in [1.807, 2.05) is 53.9 Å². The lowest BCUT2D eigenvalue weighted by Crippen LogP contribution is -2.29. The van der Waals surface area contributed by atoms with Crippen LogP contribution in [0.2, 0.25) is 0 Å². The SMILES string of the molecule is O=C1C(=O)N(c2nnc(SCc3ccccc3)s2)[C@@H](c2cccs2)C1=C(O)c1ccccc1. The highest BCUT2D eigenvalue weighted by Gasteiger charge is 2.48. The number of Topliss-reactive ketones (excluding diaryl/α,β-unsaturated/α-hetero) is 1. The van der Waals surface area contributed by atoms with Crippen LogP contribution in [0.1, 0.15) is 22.0 Å². The summed E-state index contributed by atoms with van der Waals surface area (Å²) in [5, 5.41) is 21.7. The number of rotatable bonds is 6. The molecule has 33 heavy (non-hydrogen) atoms. The molecule has 0 spiro atoms. The van der Waals surface area contributed by atoms with Gasteiger partial charge in [-0.2, -0.15) is 0 Å². The molecule has 3 heterocycles. The van der Waals surface area contributed by atoms with Crippen molar-refractivity contribution < 1.29 is 14.7 Å². The van der Waals surface area contributed by atoms with Gasteiger partial charge in [-0.3, -0.25) is 14.5 Å². The van der Waals surface area contributed by atoms with Crippen LogP contribution in [-0.2, 0) is 15.3 Å². The number of ketones is 1. The number of anilines is 1. The number of nitrogens with zero attached hydrogens (tertiary/aromatic N) is 3. The van der Waals surface area contributed by atoms with Gasteiger partial charge in [0.2, 0.25) is 5.13 Å². The number of aromatic nitrogens is 2. The van der Waals surface area contributed by atoms with E-state index >= 15 is 0 Å². The smallest absolute Gasteiger partial charge is 0.301 e. The quantitative estimate of drug-likeness (QED) is 0.126. The zero-order valence-corrected chi connectivity index (χ0v) is 19.6. The average molecular weight is 492 g/mol. The molecule has 1 atom stereocenters. The molecule has 0 unspecified atom stereocenters. The Labute approximate surface area is 202 Å². The van der Waals surface area contributed by atoms with Gasteiger partial charge in [0.1, 0.15) is 11.8 Å². The van der Waals surface area contributed by atoms with Crippen LogP contribution in [0.15, 0.2) is 88.1 Å². The molecule has 1 aliphatic rings. The first-order valence-corrected chi connectivity index (χ1v) is 12.7. The van der Waals surface area contributed by atoms with E-state index in [-0.39, 0.29) is 11.3 Å². The lowest BCUT2D eigenvalue weighted by molar-refractivity contribution is -0.132. The Bertz CT molecular complexity index is 1320. The summed E-state index contributed by atoms with van der Waals surface area (Å²) < 4.78 is 0.698. The number of hydrogen-bond acceptors (Lipinski definition) is 8. The third-order valence-corrected chi connectivity index (χ3v) is 8.16. The topological polar surface area (TPSA) is 83.4 Å². The summed E-state index contributed by atoms with van der Waals surface area (Å²) in [6.45, 7) is 0. The number of thiophene rings is 1. The summed E-state index contributed by atoms with van der Waals surface area (Å²) in [5.41, 5.74) is 1.69. The predicted molar refractivity (Wildman–Crippen MR) is 131 cm³/mol. The molecular formula is C24H17N3O3S3. The van der Waals surface area contributed by atoms with Gasteiger partial charge in [-0.05, 0) is 17.0 Å². The lowest BCUT2D eigenvalue weighted by Gasteiger charge is -2.20. The molecule has 5 rings (SSSR count). The Morgan fingerprint density at radius 2 is 1.70 bits per heavy atom. The van der Waals surface area contributed by atoms with E-state index < -0.39 is 17.7 Å². The van der Waals surface area contributed by atoms with Gasteiger partial charge in [0.15, 0.2) is 4.34 Å². The molecule has 1 saturated heterocycles. The number of aliphatic hydroxyl groups is 1. The van der Waals surface area contributed by atoms with Crippen molar-refractivity contribution in [3.8, 4) is 0 Å². The molecule has 0 saturated carbocycles. The summed E-state index contributed by atoms with van der Waals surface area (Å²) in [4.78, 5) is 28.3. The second-order valence-electron chi connectivity index (χ2n) is 7.18. The Kier molecular flexibility index (Phi) is 6.08. The fraction of sp³-hybridized carbons (Fsp3) is 0.0833. The van der Waals surface area contributed by atoms with Gasteiger partial charge >= 0.3 is 5.91 Å². The fourth-order valence-corrected chi connectivity index (χ4v) is 6.22. The maximum absolute atomic E-state index is 13.1. The van der Waals surface area contributed by atoms with E-state index in [2.05, 4.69) is 10.2 Å². The molecule has 6 nitrogen and oxygen atoms in total. The first kappa shape index (κ1) is 21.6. The largest absolute Gasteiger partial charge is 0.507 e. The van der Waals surface area contributed by atoms with Crippen molar-refractivity contribution in [1.82, 2.24) is 10.2 Å². The van der Waals surface area contributed by atoms with Gasteiger partial charge in [0.25, 0.3) is 5.78 Å². The molecule has 1 aliphatic heterocycles. The summed E-state index contributed by atoms with van der Waals surface area (Å²) in [6.07, 6.45) is 0. The van der Waals surface area contributed by atoms with Crippen molar-refractivity contribution in [3.05, 3.63) is 99.8 Å². The number of thioether (sulfide) groups is 1. The van der Waals surface area contributed by atoms with Gasteiger partial charge in [-0.1, -0.05) is 89.8 Å². The zero-order valence-electron chi connectivity index (χ0n) is 17.1. The van der Waals surface area contributed by atoms with Crippen LogP contribution < -0.4 is 4.90 Å². The van der Waals surface area contributed by atoms with E-state index in [4.69, 9.17) is 0 Å². The summed E-state index contributed by atoms with van der Waals surface area (Å²) in [6, 6.07) is 21.7. The van der Waals surface area contributed by atoms with Gasteiger partial charge in [-0.15, -0.1) is 21.5 Å². The highest BCUT2D eigenvalue weighted by Crippen LogP contribution is 2.45. The van der Waals surface area contributed by atoms with Crippen LogP contribution in [0.25, 0.3) is 5.76 Å². The Morgan fingerprint density at radius 3 is 2.39 bits per heavy atom. The predicted octanol–water partition coefficient (Wildman–Crippen LogP) is 5.52. The van der Waals surface area contributed by atoms with E-state index in [1.54, 1.807) is 24.3 Å². The zero-order chi connectivity index (χ0) is 22.8. The van der Waals surface area contributed by atoms with Crippen LogP contribution in [-0.4, -0.2) is 27.0 Å². The Balaban J connectivity index is 1.51. The Morgan fingerprint density at radius 1 is 0.970 bits per heavy atom. The molecule has 164 valence electrons. The highest BCUT2D eigenvalue weighted by atomic mass is 32.2. The van der Waals surface area contributed by atoms with Gasteiger partial charge in [0, 0.05) is 16.2 Å². The number of hydrogen-bond donors (Lipinski definition) is 1. The van der Waals surface area contributed by atoms with E-state index in [0.717, 1.165) is 16.2 Å². The molecule has 0 aliphatic carbocycles. The first-order chi connectivity index (χ1) is 16.1. The van der Waals surface area contributed by atoms with E-state index in [0.29, 0.717) is 15.0 Å². The maximum Gasteiger partial charge on any atom is 0.301 e. The molecule has 9 heteroatoms. The molecule has 1 amide bonds. The third-order valence-electron chi connectivity index (χ3n) is 5.11. The summed E-state index contributed by atoms with van der Waals surface area (Å²) in [5.74, 6) is -0.931. The third kappa shape index (κ3) is 4.22. The molecular weight excluding hydrogens is 474 g/mol. The van der Waals surface area contributed by atoms with Crippen molar-refractivity contribution in [2.45, 2.75) is 16.1 Å². The van der Waals surface area contributed by atoms with Crippen LogP contribution >= 0.6 is 34.4 Å². The van der Waals surface area contributed by atoms with Crippen molar-refractivity contribution in [1.29, 1.82) is 0 Å². The van der Waals surface area contributed by atoms with Crippen molar-refractivity contribution in [2.24, 2.45) is 0 Å². The van der Waals surface area contributed by atoms with Gasteiger partial charge in [-0.25, -0.2) is 0 Å². The minimum absolute atomic E-state index is 0.0577. The highest BCUT2D eigenvalue weighted by molar-refractivity contribution is 8.00. The van der Waals surface area contributed by atoms with Gasteiger partial charge in [0.05, 0.1) is 5.57 Å². The van der Waals surface area contributed by atoms with E-state index in [9.17, 15) is 14.7 Å². The fourth-order valence-electron chi connectivity index (χ4n) is 3.57. The molecule has 2 aromatic heterocycles.